The fraction of sp³-hybridized carbons (Fsp3) is 0.0204. The van der Waals surface area contributed by atoms with Crippen molar-refractivity contribution in [3.8, 4) is 22.3 Å². The fourth-order valence-electron chi connectivity index (χ4n) is 8.40. The molecule has 0 saturated heterocycles. The topological polar surface area (TPSA) is 3.24 Å². The van der Waals surface area contributed by atoms with Gasteiger partial charge in [-0.25, -0.2) is 0 Å². The van der Waals surface area contributed by atoms with Gasteiger partial charge >= 0.3 is 0 Å². The van der Waals surface area contributed by atoms with Crippen molar-refractivity contribution in [2.45, 2.75) is 5.41 Å². The molecule has 0 N–H and O–H groups in total. The standard InChI is InChI=1S/C49H33NS/c1-4-16-34(17-5-1)35-18-14-23-39(32-35)50(38-21-8-3-9-22-38)45-28-15-29-46-48(45)42-31-30-37(33-47(42)51-46)49(36-19-6-2-7-20-36)43-26-12-10-24-40(43)41-25-11-13-27-44(41)49/h1-33H. The van der Waals surface area contributed by atoms with Gasteiger partial charge < -0.3 is 4.90 Å². The van der Waals surface area contributed by atoms with Crippen LogP contribution in [0.2, 0.25) is 0 Å². The summed E-state index contributed by atoms with van der Waals surface area (Å²) in [6.45, 7) is 0. The van der Waals surface area contributed by atoms with Gasteiger partial charge in [0.2, 0.25) is 0 Å². The second-order valence-electron chi connectivity index (χ2n) is 13.3. The highest BCUT2D eigenvalue weighted by molar-refractivity contribution is 7.26. The normalized spacial score (nSPS) is 12.9. The van der Waals surface area contributed by atoms with Crippen molar-refractivity contribution >= 4 is 48.6 Å². The molecular weight excluding hydrogens is 635 g/mol. The average Bonchev–Trinajstić information content (AvgIpc) is 3.73. The molecular formula is C49H33NS. The minimum absolute atomic E-state index is 0.421. The maximum absolute atomic E-state index is 2.47. The van der Waals surface area contributed by atoms with E-state index >= 15 is 0 Å². The molecule has 1 aromatic heterocycles. The van der Waals surface area contributed by atoms with E-state index in [1.54, 1.807) is 0 Å². The molecule has 0 atom stereocenters. The smallest absolute Gasteiger partial charge is 0.0714 e. The number of nitrogens with zero attached hydrogens (tertiary/aromatic N) is 1. The van der Waals surface area contributed by atoms with E-state index in [-0.39, 0.29) is 0 Å². The first-order valence-corrected chi connectivity index (χ1v) is 18.3. The van der Waals surface area contributed by atoms with Gasteiger partial charge in [0.15, 0.2) is 0 Å². The van der Waals surface area contributed by atoms with Crippen molar-refractivity contribution in [2.24, 2.45) is 0 Å². The van der Waals surface area contributed by atoms with Crippen LogP contribution in [0.5, 0.6) is 0 Å². The van der Waals surface area contributed by atoms with Crippen LogP contribution in [0.25, 0.3) is 42.4 Å². The molecule has 0 radical (unpaired) electrons. The van der Waals surface area contributed by atoms with Crippen molar-refractivity contribution in [3.63, 3.8) is 0 Å². The van der Waals surface area contributed by atoms with Crippen LogP contribution >= 0.6 is 11.3 Å². The predicted molar refractivity (Wildman–Crippen MR) is 217 cm³/mol. The number of para-hydroxylation sites is 1. The average molecular weight is 668 g/mol. The molecule has 0 bridgehead atoms. The van der Waals surface area contributed by atoms with Crippen molar-refractivity contribution in [3.05, 3.63) is 222 Å². The van der Waals surface area contributed by atoms with Gasteiger partial charge in [0.05, 0.1) is 11.1 Å². The van der Waals surface area contributed by atoms with Gasteiger partial charge in [-0.2, -0.15) is 0 Å². The lowest BCUT2D eigenvalue weighted by Crippen LogP contribution is -2.28. The van der Waals surface area contributed by atoms with Gasteiger partial charge in [0.25, 0.3) is 0 Å². The lowest BCUT2D eigenvalue weighted by Gasteiger charge is -2.34. The Hall–Kier alpha value is -6.22. The third-order valence-corrected chi connectivity index (χ3v) is 11.7. The molecule has 9 aromatic rings. The summed E-state index contributed by atoms with van der Waals surface area (Å²) in [5, 5.41) is 2.55. The van der Waals surface area contributed by atoms with Crippen molar-refractivity contribution in [1.29, 1.82) is 0 Å². The number of fused-ring (bicyclic) bond motifs is 6. The Morgan fingerprint density at radius 3 is 1.71 bits per heavy atom. The third kappa shape index (κ3) is 4.61. The second-order valence-corrected chi connectivity index (χ2v) is 14.3. The maximum atomic E-state index is 2.47. The van der Waals surface area contributed by atoms with E-state index in [0.29, 0.717) is 0 Å². The molecule has 0 saturated carbocycles. The third-order valence-electron chi connectivity index (χ3n) is 10.5. The van der Waals surface area contributed by atoms with E-state index in [1.165, 1.54) is 70.4 Å². The van der Waals surface area contributed by atoms with Gasteiger partial charge in [-0.1, -0.05) is 158 Å². The van der Waals surface area contributed by atoms with Crippen LogP contribution in [-0.4, -0.2) is 0 Å². The Morgan fingerprint density at radius 1 is 0.392 bits per heavy atom. The van der Waals surface area contributed by atoms with Crippen molar-refractivity contribution in [2.75, 3.05) is 4.90 Å². The quantitative estimate of drug-likeness (QED) is 0.171. The minimum Gasteiger partial charge on any atom is -0.310 e. The first kappa shape index (κ1) is 29.7. The molecule has 1 aliphatic carbocycles. The van der Waals surface area contributed by atoms with E-state index in [1.807, 2.05) is 11.3 Å². The highest BCUT2D eigenvalue weighted by Crippen LogP contribution is 2.57. The van der Waals surface area contributed by atoms with Gasteiger partial charge in [0, 0.05) is 31.5 Å². The molecule has 0 aliphatic heterocycles. The monoisotopic (exact) mass is 667 g/mol. The number of hydrogen-bond acceptors (Lipinski definition) is 2. The zero-order valence-corrected chi connectivity index (χ0v) is 28.7. The number of benzene rings is 8. The molecule has 0 amide bonds. The van der Waals surface area contributed by atoms with Gasteiger partial charge in [0.1, 0.15) is 0 Å². The van der Waals surface area contributed by atoms with Crippen LogP contribution in [0.15, 0.2) is 200 Å². The van der Waals surface area contributed by atoms with Crippen LogP contribution < -0.4 is 4.90 Å². The van der Waals surface area contributed by atoms with Gasteiger partial charge in [-0.3, -0.25) is 0 Å². The van der Waals surface area contributed by atoms with E-state index < -0.39 is 5.41 Å². The van der Waals surface area contributed by atoms with E-state index in [0.717, 1.165) is 11.4 Å². The summed E-state index contributed by atoms with van der Waals surface area (Å²) in [4.78, 5) is 2.42. The highest BCUT2D eigenvalue weighted by Gasteiger charge is 2.46. The molecule has 51 heavy (non-hydrogen) atoms. The zero-order valence-electron chi connectivity index (χ0n) is 27.9. The van der Waals surface area contributed by atoms with Crippen LogP contribution in [0, 0.1) is 0 Å². The summed E-state index contributed by atoms with van der Waals surface area (Å²) in [5.41, 5.74) is 13.3. The van der Waals surface area contributed by atoms with Gasteiger partial charge in [-0.15, -0.1) is 11.3 Å². The Kier molecular flexibility index (Phi) is 6.97. The van der Waals surface area contributed by atoms with Crippen LogP contribution in [-0.2, 0) is 5.41 Å². The molecule has 0 spiro atoms. The Morgan fingerprint density at radius 2 is 0.980 bits per heavy atom. The number of thiophene rings is 1. The minimum atomic E-state index is -0.421. The Labute approximate surface area is 302 Å². The summed E-state index contributed by atoms with van der Waals surface area (Å²) < 4.78 is 2.57. The molecule has 10 rings (SSSR count). The molecule has 8 aromatic carbocycles. The number of hydrogen-bond donors (Lipinski definition) is 0. The van der Waals surface area contributed by atoms with E-state index in [9.17, 15) is 0 Å². The Bertz CT molecular complexity index is 2650. The maximum Gasteiger partial charge on any atom is 0.0714 e. The molecule has 2 heteroatoms. The summed E-state index contributed by atoms with van der Waals surface area (Å²) in [6.07, 6.45) is 0. The van der Waals surface area contributed by atoms with E-state index in [2.05, 4.69) is 205 Å². The molecule has 240 valence electrons. The summed E-state index contributed by atoms with van der Waals surface area (Å²) in [7, 11) is 0. The van der Waals surface area contributed by atoms with Crippen LogP contribution in [0.3, 0.4) is 0 Å². The van der Waals surface area contributed by atoms with Crippen molar-refractivity contribution in [1.82, 2.24) is 0 Å². The predicted octanol–water partition coefficient (Wildman–Crippen LogP) is 13.6. The molecule has 0 unspecified atom stereocenters. The largest absolute Gasteiger partial charge is 0.310 e. The SMILES string of the molecule is c1ccc(-c2cccc(N(c3ccccc3)c3cccc4sc5cc(C6(c7ccccc7)c7ccccc7-c7ccccc76)ccc5c34)c2)cc1. The molecule has 1 heterocycles. The lowest BCUT2D eigenvalue weighted by atomic mass is 9.67. The number of anilines is 3. The van der Waals surface area contributed by atoms with Crippen molar-refractivity contribution < 1.29 is 0 Å². The summed E-state index contributed by atoms with van der Waals surface area (Å²) in [5.74, 6) is 0. The Balaban J connectivity index is 1.21. The number of rotatable bonds is 6. The molecule has 0 fully saturated rings. The summed E-state index contributed by atoms with van der Waals surface area (Å²) in [6, 6.07) is 73.3. The first-order valence-electron chi connectivity index (χ1n) is 17.5. The lowest BCUT2D eigenvalue weighted by molar-refractivity contribution is 0.770. The zero-order chi connectivity index (χ0) is 33.8. The second kappa shape index (κ2) is 12.0. The summed E-state index contributed by atoms with van der Waals surface area (Å²) >= 11 is 1.89. The fourth-order valence-corrected chi connectivity index (χ4v) is 9.56. The first-order chi connectivity index (χ1) is 25.3. The van der Waals surface area contributed by atoms with Crippen LogP contribution in [0.4, 0.5) is 17.1 Å². The highest BCUT2D eigenvalue weighted by atomic mass is 32.1. The molecule has 1 nitrogen and oxygen atoms in total. The van der Waals surface area contributed by atoms with E-state index in [4.69, 9.17) is 0 Å². The molecule has 1 aliphatic rings. The van der Waals surface area contributed by atoms with Gasteiger partial charge in [-0.05, 0) is 87.0 Å². The van der Waals surface area contributed by atoms with Crippen LogP contribution in [0.1, 0.15) is 22.3 Å².